The minimum atomic E-state index is 0.162. The number of ether oxygens (including phenoxy) is 1. The van der Waals surface area contributed by atoms with Crippen molar-refractivity contribution < 1.29 is 9.53 Å². The summed E-state index contributed by atoms with van der Waals surface area (Å²) in [6.45, 7) is 11.0. The first-order chi connectivity index (χ1) is 14.4. The van der Waals surface area contributed by atoms with Crippen molar-refractivity contribution in [3.63, 3.8) is 0 Å². The third-order valence-electron chi connectivity index (χ3n) is 4.66. The van der Waals surface area contributed by atoms with Crippen LogP contribution in [-0.2, 0) is 9.53 Å². The topological polar surface area (TPSA) is 56.8 Å². The number of methoxy groups -OCH3 is 1. The van der Waals surface area contributed by atoms with Gasteiger partial charge in [-0.2, -0.15) is 0 Å². The normalized spacial score (nSPS) is 13.2. The smallest absolute Gasteiger partial charge is 0.144 e. The first-order valence-corrected chi connectivity index (χ1v) is 9.80. The molecule has 0 spiro atoms. The molecule has 0 aliphatic carbocycles. The van der Waals surface area contributed by atoms with Crippen molar-refractivity contribution in [1.82, 2.24) is 20.7 Å². The molecule has 6 heteroatoms. The number of carbonyl (C=O) groups excluding carboxylic acids is 1. The molecular formula is C24H34N4O2. The maximum atomic E-state index is 11.0. The van der Waals surface area contributed by atoms with E-state index in [1.54, 1.807) is 19.3 Å². The van der Waals surface area contributed by atoms with E-state index in [4.69, 9.17) is 4.74 Å². The zero-order valence-corrected chi connectivity index (χ0v) is 18.5. The number of nitrogens with one attached hydrogen (secondary N) is 2. The maximum Gasteiger partial charge on any atom is 0.144 e. The van der Waals surface area contributed by atoms with E-state index in [0.717, 1.165) is 17.7 Å². The number of benzene rings is 1. The predicted molar refractivity (Wildman–Crippen MR) is 124 cm³/mol. The second kappa shape index (κ2) is 14.0. The molecular weight excluding hydrogens is 376 g/mol. The van der Waals surface area contributed by atoms with E-state index < -0.39 is 0 Å². The lowest BCUT2D eigenvalue weighted by molar-refractivity contribution is -0.104. The molecule has 0 saturated carbocycles. The number of carbonyl (C=O) groups is 1. The van der Waals surface area contributed by atoms with Gasteiger partial charge in [0, 0.05) is 32.9 Å². The van der Waals surface area contributed by atoms with E-state index in [0.29, 0.717) is 18.9 Å². The van der Waals surface area contributed by atoms with Crippen molar-refractivity contribution in [2.24, 2.45) is 0 Å². The Balaban J connectivity index is 2.61. The van der Waals surface area contributed by atoms with E-state index in [-0.39, 0.29) is 6.04 Å². The first kappa shape index (κ1) is 24.9. The van der Waals surface area contributed by atoms with E-state index >= 15 is 0 Å². The molecule has 0 heterocycles. The molecule has 30 heavy (non-hydrogen) atoms. The highest BCUT2D eigenvalue weighted by atomic mass is 16.5. The summed E-state index contributed by atoms with van der Waals surface area (Å²) in [6.07, 6.45) is 9.51. The van der Waals surface area contributed by atoms with Crippen molar-refractivity contribution in [3.8, 4) is 0 Å². The Bertz CT molecular complexity index is 769. The Labute approximate surface area is 180 Å². The highest BCUT2D eigenvalue weighted by Crippen LogP contribution is 2.20. The molecule has 1 aromatic carbocycles. The Morgan fingerprint density at radius 1 is 1.23 bits per heavy atom. The van der Waals surface area contributed by atoms with E-state index in [2.05, 4.69) is 47.9 Å². The lowest BCUT2D eigenvalue weighted by Crippen LogP contribution is -2.42. The molecule has 6 nitrogen and oxygen atoms in total. The number of allylic oxidation sites excluding steroid dienone is 4. The average Bonchev–Trinajstić information content (AvgIpc) is 2.77. The minimum Gasteiger partial charge on any atom is -0.497 e. The van der Waals surface area contributed by atoms with Crippen molar-refractivity contribution in [2.75, 3.05) is 34.3 Å². The van der Waals surface area contributed by atoms with Crippen LogP contribution in [0.4, 0.5) is 0 Å². The first-order valence-electron chi connectivity index (χ1n) is 9.80. The summed E-state index contributed by atoms with van der Waals surface area (Å²) in [6, 6.07) is 10.4. The molecule has 0 aliphatic rings. The summed E-state index contributed by atoms with van der Waals surface area (Å²) < 4.78 is 5.19. The van der Waals surface area contributed by atoms with Crippen molar-refractivity contribution >= 4 is 6.29 Å². The van der Waals surface area contributed by atoms with Gasteiger partial charge in [0.15, 0.2) is 0 Å². The molecule has 1 rings (SSSR count). The number of aldehydes is 1. The van der Waals surface area contributed by atoms with E-state index in [1.165, 1.54) is 11.6 Å². The molecule has 0 amide bonds. The van der Waals surface area contributed by atoms with Crippen LogP contribution in [0.5, 0.6) is 0 Å². The van der Waals surface area contributed by atoms with Gasteiger partial charge in [-0.15, -0.1) is 0 Å². The van der Waals surface area contributed by atoms with Gasteiger partial charge < -0.3 is 15.4 Å². The number of rotatable bonds is 14. The molecule has 162 valence electrons. The molecule has 0 aromatic heterocycles. The van der Waals surface area contributed by atoms with Crippen LogP contribution in [-0.4, -0.2) is 50.6 Å². The van der Waals surface area contributed by atoms with E-state index in [9.17, 15) is 4.79 Å². The number of hydrogen-bond acceptors (Lipinski definition) is 6. The molecule has 1 aromatic rings. The quantitative estimate of drug-likeness (QED) is 0.122. The summed E-state index contributed by atoms with van der Waals surface area (Å²) in [5.41, 5.74) is 1.93. The third-order valence-corrected chi connectivity index (χ3v) is 4.66. The van der Waals surface area contributed by atoms with Crippen LogP contribution in [0.2, 0.25) is 0 Å². The molecule has 0 bridgehead atoms. The highest BCUT2D eigenvalue weighted by molar-refractivity contribution is 5.66. The molecule has 0 aliphatic heterocycles. The fourth-order valence-electron chi connectivity index (χ4n) is 2.66. The zero-order chi connectivity index (χ0) is 22.4. The lowest BCUT2D eigenvalue weighted by Gasteiger charge is -2.36. The van der Waals surface area contributed by atoms with Crippen LogP contribution in [0.25, 0.3) is 0 Å². The summed E-state index contributed by atoms with van der Waals surface area (Å²) in [5.74, 6) is 1.39. The molecule has 2 N–H and O–H groups in total. The zero-order valence-electron chi connectivity index (χ0n) is 18.5. The lowest BCUT2D eigenvalue weighted by atomic mass is 10.1. The monoisotopic (exact) mass is 410 g/mol. The van der Waals surface area contributed by atoms with Crippen LogP contribution in [0, 0.1) is 0 Å². The van der Waals surface area contributed by atoms with Crippen LogP contribution in [0.15, 0.2) is 91.1 Å². The van der Waals surface area contributed by atoms with E-state index in [1.807, 2.05) is 49.5 Å². The average molecular weight is 411 g/mol. The van der Waals surface area contributed by atoms with Gasteiger partial charge in [-0.05, 0) is 30.7 Å². The standard InChI is InChI=1S/C24H34N4O2/c1-7-12-24(30-6)15-11-17-25-19-23(16-18-29)26-21(3)28(5)27(4)20(2)22-13-9-8-10-14-22/h7-16,18,20,25-26H,1,3,17,19H2,2,4-6H3/b15-11-,23-16-,24-12+. The molecule has 0 fully saturated rings. The maximum absolute atomic E-state index is 11.0. The second-order valence-corrected chi connectivity index (χ2v) is 6.63. The van der Waals surface area contributed by atoms with Crippen LogP contribution < -0.4 is 10.6 Å². The summed E-state index contributed by atoms with van der Waals surface area (Å²) in [4.78, 5) is 11.0. The fraction of sp³-hybridized carbons (Fsp3) is 0.292. The SMILES string of the molecule is C=C/C=C(\C=C/CNC/C(=C/C=O)NC(=C)N(C)N(C)C(C)c1ccccc1)OC. The largest absolute Gasteiger partial charge is 0.497 e. The van der Waals surface area contributed by atoms with Gasteiger partial charge in [0.1, 0.15) is 17.9 Å². The number of nitrogens with zero attached hydrogens (tertiary/aromatic N) is 2. The summed E-state index contributed by atoms with van der Waals surface area (Å²) in [5, 5.41) is 10.5. The van der Waals surface area contributed by atoms with Crippen molar-refractivity contribution in [3.05, 3.63) is 96.7 Å². The summed E-state index contributed by atoms with van der Waals surface area (Å²) >= 11 is 0. The van der Waals surface area contributed by atoms with Crippen LogP contribution >= 0.6 is 0 Å². The van der Waals surface area contributed by atoms with Gasteiger partial charge >= 0.3 is 0 Å². The third kappa shape index (κ3) is 8.51. The van der Waals surface area contributed by atoms with Crippen molar-refractivity contribution in [1.29, 1.82) is 0 Å². The Kier molecular flexibility index (Phi) is 11.6. The van der Waals surface area contributed by atoms with Gasteiger partial charge in [-0.1, -0.05) is 55.6 Å². The van der Waals surface area contributed by atoms with Crippen LogP contribution in [0.3, 0.4) is 0 Å². The Hall–Kier alpha value is -3.09. The summed E-state index contributed by atoms with van der Waals surface area (Å²) in [7, 11) is 5.54. The van der Waals surface area contributed by atoms with Gasteiger partial charge in [0.05, 0.1) is 13.2 Å². The molecule has 0 radical (unpaired) electrons. The molecule has 1 unspecified atom stereocenters. The highest BCUT2D eigenvalue weighted by Gasteiger charge is 2.17. The second-order valence-electron chi connectivity index (χ2n) is 6.63. The minimum absolute atomic E-state index is 0.162. The number of hydrazine groups is 1. The van der Waals surface area contributed by atoms with Gasteiger partial charge in [0.25, 0.3) is 0 Å². The van der Waals surface area contributed by atoms with Gasteiger partial charge in [-0.25, -0.2) is 5.01 Å². The predicted octanol–water partition coefficient (Wildman–Crippen LogP) is 3.53. The molecule has 0 saturated heterocycles. The van der Waals surface area contributed by atoms with Gasteiger partial charge in [-0.3, -0.25) is 9.80 Å². The molecule has 1 atom stereocenters. The number of hydrogen-bond donors (Lipinski definition) is 2. The van der Waals surface area contributed by atoms with Crippen molar-refractivity contribution in [2.45, 2.75) is 13.0 Å². The Morgan fingerprint density at radius 3 is 2.53 bits per heavy atom. The Morgan fingerprint density at radius 2 is 1.93 bits per heavy atom. The van der Waals surface area contributed by atoms with Gasteiger partial charge in [0.2, 0.25) is 0 Å². The fourth-order valence-corrected chi connectivity index (χ4v) is 2.66. The van der Waals surface area contributed by atoms with Crippen LogP contribution in [0.1, 0.15) is 18.5 Å².